The molecule has 1 N–H and O–H groups in total. The molecule has 1 atom stereocenters. The minimum atomic E-state index is 0.339. The molecule has 0 aliphatic carbocycles. The maximum absolute atomic E-state index is 6.31. The Kier molecular flexibility index (Phi) is 7.44. The maximum atomic E-state index is 6.31. The van der Waals surface area contributed by atoms with E-state index >= 15 is 0 Å². The Hall–Kier alpha value is -0.570. The van der Waals surface area contributed by atoms with Gasteiger partial charge in [-0.2, -0.15) is 0 Å². The third-order valence-electron chi connectivity index (χ3n) is 3.57. The molecule has 3 heteroatoms. The highest BCUT2D eigenvalue weighted by atomic mass is 35.5. The second kappa shape index (κ2) is 8.57. The van der Waals surface area contributed by atoms with Crippen LogP contribution in [0.5, 0.6) is 0 Å². The van der Waals surface area contributed by atoms with E-state index in [0.29, 0.717) is 12.1 Å². The molecule has 1 aromatic rings. The molecule has 1 aromatic carbocycles. The monoisotopic (exact) mass is 282 g/mol. The summed E-state index contributed by atoms with van der Waals surface area (Å²) in [7, 11) is 0. The molecule has 0 aliphatic heterocycles. The van der Waals surface area contributed by atoms with Crippen LogP contribution in [0.3, 0.4) is 0 Å². The molecular weight excluding hydrogens is 256 g/mol. The SMILES string of the molecule is CCNC(CCN(CC)C(C)C)c1ccccc1Cl. The summed E-state index contributed by atoms with van der Waals surface area (Å²) in [6.07, 6.45) is 1.09. The highest BCUT2D eigenvalue weighted by Crippen LogP contribution is 2.25. The third-order valence-corrected chi connectivity index (χ3v) is 3.92. The lowest BCUT2D eigenvalue weighted by Crippen LogP contribution is -2.34. The summed E-state index contributed by atoms with van der Waals surface area (Å²) >= 11 is 6.31. The van der Waals surface area contributed by atoms with E-state index in [4.69, 9.17) is 11.6 Å². The number of nitrogens with one attached hydrogen (secondary N) is 1. The van der Waals surface area contributed by atoms with Crippen molar-refractivity contribution in [3.05, 3.63) is 34.9 Å². The van der Waals surface area contributed by atoms with Crippen LogP contribution in [0.2, 0.25) is 5.02 Å². The van der Waals surface area contributed by atoms with E-state index in [1.165, 1.54) is 5.56 Å². The molecule has 0 heterocycles. The molecule has 0 fully saturated rings. The molecule has 0 aliphatic rings. The molecule has 0 spiro atoms. The summed E-state index contributed by atoms with van der Waals surface area (Å²) in [5, 5.41) is 4.41. The van der Waals surface area contributed by atoms with Crippen molar-refractivity contribution in [1.29, 1.82) is 0 Å². The van der Waals surface area contributed by atoms with Gasteiger partial charge in [0, 0.05) is 23.7 Å². The average Bonchev–Trinajstić information content (AvgIpc) is 2.38. The van der Waals surface area contributed by atoms with E-state index in [1.54, 1.807) is 0 Å². The van der Waals surface area contributed by atoms with Crippen LogP contribution in [0.25, 0.3) is 0 Å². The van der Waals surface area contributed by atoms with Gasteiger partial charge in [-0.25, -0.2) is 0 Å². The predicted molar refractivity (Wildman–Crippen MR) is 84.9 cm³/mol. The topological polar surface area (TPSA) is 15.3 Å². The fraction of sp³-hybridized carbons (Fsp3) is 0.625. The van der Waals surface area contributed by atoms with Crippen LogP contribution in [0.4, 0.5) is 0 Å². The van der Waals surface area contributed by atoms with Crippen LogP contribution in [-0.2, 0) is 0 Å². The van der Waals surface area contributed by atoms with Crippen molar-refractivity contribution >= 4 is 11.6 Å². The second-order valence-corrected chi connectivity index (χ2v) is 5.55. The van der Waals surface area contributed by atoms with Crippen LogP contribution in [-0.4, -0.2) is 30.6 Å². The van der Waals surface area contributed by atoms with E-state index in [9.17, 15) is 0 Å². The molecule has 0 aromatic heterocycles. The van der Waals surface area contributed by atoms with Gasteiger partial charge >= 0.3 is 0 Å². The molecule has 1 unspecified atom stereocenters. The molecule has 1 rings (SSSR count). The standard InChI is InChI=1S/C16H27ClN2/c1-5-18-16(11-12-19(6-2)13(3)4)14-9-7-8-10-15(14)17/h7-10,13,16,18H,5-6,11-12H2,1-4H3. The Labute approximate surface area is 123 Å². The Morgan fingerprint density at radius 3 is 2.42 bits per heavy atom. The smallest absolute Gasteiger partial charge is 0.0453 e. The van der Waals surface area contributed by atoms with Crippen molar-refractivity contribution in [1.82, 2.24) is 10.2 Å². The molecule has 108 valence electrons. The first-order valence-corrected chi connectivity index (χ1v) is 7.69. The number of halogens is 1. The first-order chi connectivity index (χ1) is 9.10. The zero-order valence-corrected chi connectivity index (χ0v) is 13.4. The Morgan fingerprint density at radius 1 is 1.21 bits per heavy atom. The number of benzene rings is 1. The van der Waals surface area contributed by atoms with Crippen LogP contribution in [0, 0.1) is 0 Å². The minimum Gasteiger partial charge on any atom is -0.310 e. The van der Waals surface area contributed by atoms with Crippen molar-refractivity contribution in [2.45, 2.75) is 46.2 Å². The summed E-state index contributed by atoms with van der Waals surface area (Å²) < 4.78 is 0. The molecule has 0 amide bonds. The number of hydrogen-bond acceptors (Lipinski definition) is 2. The fourth-order valence-electron chi connectivity index (χ4n) is 2.45. The van der Waals surface area contributed by atoms with E-state index in [-0.39, 0.29) is 0 Å². The van der Waals surface area contributed by atoms with Gasteiger partial charge in [0.15, 0.2) is 0 Å². The lowest BCUT2D eigenvalue weighted by atomic mass is 10.0. The van der Waals surface area contributed by atoms with Gasteiger partial charge in [-0.05, 0) is 45.0 Å². The molecule has 2 nitrogen and oxygen atoms in total. The van der Waals surface area contributed by atoms with Gasteiger partial charge in [0.05, 0.1) is 0 Å². The highest BCUT2D eigenvalue weighted by molar-refractivity contribution is 6.31. The summed E-state index contributed by atoms with van der Waals surface area (Å²) in [6.45, 7) is 12.0. The Bertz CT molecular complexity index is 366. The van der Waals surface area contributed by atoms with Crippen molar-refractivity contribution in [2.24, 2.45) is 0 Å². The highest BCUT2D eigenvalue weighted by Gasteiger charge is 2.15. The summed E-state index contributed by atoms with van der Waals surface area (Å²) in [6, 6.07) is 9.08. The van der Waals surface area contributed by atoms with E-state index < -0.39 is 0 Å². The largest absolute Gasteiger partial charge is 0.310 e. The summed E-state index contributed by atoms with van der Waals surface area (Å²) in [5.74, 6) is 0. The van der Waals surface area contributed by atoms with E-state index in [0.717, 1.165) is 31.1 Å². The Balaban J connectivity index is 2.71. The number of nitrogens with zero attached hydrogens (tertiary/aromatic N) is 1. The van der Waals surface area contributed by atoms with Gasteiger partial charge < -0.3 is 10.2 Å². The van der Waals surface area contributed by atoms with Gasteiger partial charge in [-0.15, -0.1) is 0 Å². The molecule has 0 radical (unpaired) electrons. The first kappa shape index (κ1) is 16.5. The van der Waals surface area contributed by atoms with E-state index in [1.807, 2.05) is 12.1 Å². The van der Waals surface area contributed by atoms with Crippen LogP contribution >= 0.6 is 11.6 Å². The van der Waals surface area contributed by atoms with Crippen LogP contribution < -0.4 is 5.32 Å². The van der Waals surface area contributed by atoms with E-state index in [2.05, 4.69) is 50.0 Å². The van der Waals surface area contributed by atoms with Crippen molar-refractivity contribution in [3.63, 3.8) is 0 Å². The van der Waals surface area contributed by atoms with Gasteiger partial charge in [-0.1, -0.05) is 43.6 Å². The van der Waals surface area contributed by atoms with Gasteiger partial charge in [0.25, 0.3) is 0 Å². The Morgan fingerprint density at radius 2 is 1.89 bits per heavy atom. The van der Waals surface area contributed by atoms with Crippen LogP contribution in [0.15, 0.2) is 24.3 Å². The molecule has 19 heavy (non-hydrogen) atoms. The normalized spacial score (nSPS) is 13.2. The minimum absolute atomic E-state index is 0.339. The lowest BCUT2D eigenvalue weighted by molar-refractivity contribution is 0.220. The molecular formula is C16H27ClN2. The lowest BCUT2D eigenvalue weighted by Gasteiger charge is -2.28. The summed E-state index contributed by atoms with van der Waals surface area (Å²) in [4.78, 5) is 2.49. The zero-order valence-electron chi connectivity index (χ0n) is 12.6. The number of hydrogen-bond donors (Lipinski definition) is 1. The molecule has 0 saturated carbocycles. The average molecular weight is 283 g/mol. The van der Waals surface area contributed by atoms with Crippen LogP contribution in [0.1, 0.15) is 45.7 Å². The fourth-order valence-corrected chi connectivity index (χ4v) is 2.72. The third kappa shape index (κ3) is 5.13. The first-order valence-electron chi connectivity index (χ1n) is 7.32. The molecule has 0 saturated heterocycles. The second-order valence-electron chi connectivity index (χ2n) is 5.14. The zero-order chi connectivity index (χ0) is 14.3. The van der Waals surface area contributed by atoms with Crippen molar-refractivity contribution in [2.75, 3.05) is 19.6 Å². The molecule has 0 bridgehead atoms. The quantitative estimate of drug-likeness (QED) is 0.772. The number of rotatable bonds is 8. The van der Waals surface area contributed by atoms with Crippen molar-refractivity contribution in [3.8, 4) is 0 Å². The maximum Gasteiger partial charge on any atom is 0.0453 e. The van der Waals surface area contributed by atoms with Gasteiger partial charge in [0.1, 0.15) is 0 Å². The van der Waals surface area contributed by atoms with Gasteiger partial charge in [0.2, 0.25) is 0 Å². The van der Waals surface area contributed by atoms with Crippen molar-refractivity contribution < 1.29 is 0 Å². The van der Waals surface area contributed by atoms with Gasteiger partial charge in [-0.3, -0.25) is 0 Å². The summed E-state index contributed by atoms with van der Waals surface area (Å²) in [5.41, 5.74) is 1.21. The predicted octanol–water partition coefficient (Wildman–Crippen LogP) is 4.11.